The highest BCUT2D eigenvalue weighted by Crippen LogP contribution is 2.20. The van der Waals surface area contributed by atoms with Gasteiger partial charge in [-0.2, -0.15) is 13.2 Å². The number of halogens is 4. The Hall–Kier alpha value is -0.530. The van der Waals surface area contributed by atoms with E-state index in [0.717, 1.165) is 25.8 Å². The van der Waals surface area contributed by atoms with Crippen molar-refractivity contribution < 1.29 is 18.0 Å². The van der Waals surface area contributed by atoms with Gasteiger partial charge in [0.2, 0.25) is 5.91 Å². The quantitative estimate of drug-likeness (QED) is 0.828. The van der Waals surface area contributed by atoms with Crippen molar-refractivity contribution in [3.05, 3.63) is 0 Å². The second kappa shape index (κ2) is 8.19. The molecule has 2 aliphatic heterocycles. The molecule has 0 aromatic rings. The first kappa shape index (κ1) is 18.5. The van der Waals surface area contributed by atoms with Crippen molar-refractivity contribution >= 4 is 18.3 Å². The molecule has 2 N–H and O–H groups in total. The van der Waals surface area contributed by atoms with Crippen molar-refractivity contribution in [3.8, 4) is 0 Å². The lowest BCUT2D eigenvalue weighted by Crippen LogP contribution is -2.52. The van der Waals surface area contributed by atoms with E-state index >= 15 is 0 Å². The van der Waals surface area contributed by atoms with Crippen molar-refractivity contribution in [2.45, 2.75) is 50.4 Å². The molecule has 21 heavy (non-hydrogen) atoms. The number of nitrogens with zero attached hydrogens (tertiary/aromatic N) is 1. The lowest BCUT2D eigenvalue weighted by molar-refractivity contribution is -0.148. The topological polar surface area (TPSA) is 44.4 Å². The maximum absolute atomic E-state index is 12.3. The summed E-state index contributed by atoms with van der Waals surface area (Å²) in [6, 6.07) is -0.118. The predicted molar refractivity (Wildman–Crippen MR) is 76.5 cm³/mol. The smallest absolute Gasteiger partial charge is 0.352 e. The lowest BCUT2D eigenvalue weighted by Gasteiger charge is -2.33. The summed E-state index contributed by atoms with van der Waals surface area (Å²) in [6.07, 6.45) is 0.0403. The summed E-state index contributed by atoms with van der Waals surface area (Å²) < 4.78 is 36.8. The van der Waals surface area contributed by atoms with Gasteiger partial charge >= 0.3 is 6.18 Å². The molecule has 2 fully saturated rings. The van der Waals surface area contributed by atoms with Crippen LogP contribution in [0.25, 0.3) is 0 Å². The van der Waals surface area contributed by atoms with E-state index in [4.69, 9.17) is 0 Å². The Morgan fingerprint density at radius 3 is 2.38 bits per heavy atom. The Morgan fingerprint density at radius 2 is 1.86 bits per heavy atom. The summed E-state index contributed by atoms with van der Waals surface area (Å²) in [6.45, 7) is 0.797. The minimum absolute atomic E-state index is 0. The highest BCUT2D eigenvalue weighted by atomic mass is 35.5. The summed E-state index contributed by atoms with van der Waals surface area (Å²) in [5.74, 6) is -0.000952. The van der Waals surface area contributed by atoms with Gasteiger partial charge in [0.15, 0.2) is 0 Å². The number of hydrogen-bond donors (Lipinski definition) is 2. The third-order valence-corrected chi connectivity index (χ3v) is 3.96. The van der Waals surface area contributed by atoms with Crippen LogP contribution < -0.4 is 10.6 Å². The zero-order valence-electron chi connectivity index (χ0n) is 11.9. The molecule has 2 aliphatic rings. The molecule has 0 aliphatic carbocycles. The second-order valence-corrected chi connectivity index (χ2v) is 5.68. The second-order valence-electron chi connectivity index (χ2n) is 5.68. The highest BCUT2D eigenvalue weighted by Gasteiger charge is 2.33. The first-order valence-corrected chi connectivity index (χ1v) is 7.27. The first-order valence-electron chi connectivity index (χ1n) is 7.27. The maximum Gasteiger partial charge on any atom is 0.401 e. The third-order valence-electron chi connectivity index (χ3n) is 3.96. The molecule has 4 nitrogen and oxygen atoms in total. The molecule has 0 saturated carbocycles. The van der Waals surface area contributed by atoms with Crippen LogP contribution in [0.5, 0.6) is 0 Å². The predicted octanol–water partition coefficient (Wildman–Crippen LogP) is 1.69. The van der Waals surface area contributed by atoms with Crippen LogP contribution in [0.15, 0.2) is 0 Å². The van der Waals surface area contributed by atoms with Crippen LogP contribution in [0.3, 0.4) is 0 Å². The number of piperidine rings is 2. The van der Waals surface area contributed by atoms with Crippen LogP contribution in [0, 0.1) is 0 Å². The summed E-state index contributed by atoms with van der Waals surface area (Å²) in [7, 11) is 0. The molecule has 0 radical (unpaired) electrons. The Labute approximate surface area is 129 Å². The zero-order chi connectivity index (χ0) is 14.6. The molecule has 2 rings (SSSR count). The molecule has 0 unspecified atom stereocenters. The largest absolute Gasteiger partial charge is 0.401 e. The minimum Gasteiger partial charge on any atom is -0.352 e. The monoisotopic (exact) mass is 329 g/mol. The number of alkyl halides is 3. The normalized spacial score (nSPS) is 25.2. The number of amides is 1. The number of carbonyl (C=O) groups excluding carboxylic acids is 1. The van der Waals surface area contributed by atoms with Gasteiger partial charge in [-0.1, -0.05) is 6.42 Å². The van der Waals surface area contributed by atoms with Crippen LogP contribution in [0.1, 0.15) is 32.1 Å². The Bertz CT molecular complexity index is 327. The number of rotatable bonds is 3. The van der Waals surface area contributed by atoms with Gasteiger partial charge in [0, 0.05) is 19.1 Å². The summed E-state index contributed by atoms with van der Waals surface area (Å²) >= 11 is 0. The standard InChI is InChI=1S/C13H22F3N3O.ClH/c14-13(15,16)9-19-7-4-10(5-8-19)18-12(20)11-3-1-2-6-17-11;/h10-11,17H,1-9H2,(H,18,20);1H/t11-;/m1./s1. The number of carbonyl (C=O) groups is 1. The lowest BCUT2D eigenvalue weighted by atomic mass is 10.0. The SMILES string of the molecule is Cl.O=C(NC1CCN(CC(F)(F)F)CC1)[C@H]1CCCCN1. The van der Waals surface area contributed by atoms with Crippen LogP contribution in [0.4, 0.5) is 13.2 Å². The average molecular weight is 330 g/mol. The molecule has 0 bridgehead atoms. The summed E-state index contributed by atoms with van der Waals surface area (Å²) in [4.78, 5) is 13.4. The van der Waals surface area contributed by atoms with E-state index in [2.05, 4.69) is 10.6 Å². The average Bonchev–Trinajstić information content (AvgIpc) is 2.40. The Balaban J connectivity index is 0.00000220. The fourth-order valence-electron chi connectivity index (χ4n) is 2.87. The number of likely N-dealkylation sites (tertiary alicyclic amines) is 1. The molecule has 2 saturated heterocycles. The molecular formula is C13H23ClF3N3O. The fourth-order valence-corrected chi connectivity index (χ4v) is 2.87. The molecule has 2 heterocycles. The molecule has 0 aromatic heterocycles. The third kappa shape index (κ3) is 6.40. The van der Waals surface area contributed by atoms with Crippen molar-refractivity contribution in [1.82, 2.24) is 15.5 Å². The Kier molecular flexibility index (Phi) is 7.23. The molecule has 1 amide bonds. The summed E-state index contributed by atoms with van der Waals surface area (Å²) in [5.41, 5.74) is 0. The number of hydrogen-bond acceptors (Lipinski definition) is 3. The van der Waals surface area contributed by atoms with Gasteiger partial charge in [0.25, 0.3) is 0 Å². The van der Waals surface area contributed by atoms with Crippen molar-refractivity contribution in [1.29, 1.82) is 0 Å². The first-order chi connectivity index (χ1) is 9.44. The molecule has 0 spiro atoms. The molecular weight excluding hydrogens is 307 g/mol. The van der Waals surface area contributed by atoms with Gasteiger partial charge in [0.05, 0.1) is 12.6 Å². The van der Waals surface area contributed by atoms with E-state index < -0.39 is 12.7 Å². The van der Waals surface area contributed by atoms with Crippen molar-refractivity contribution in [2.75, 3.05) is 26.2 Å². The Morgan fingerprint density at radius 1 is 1.19 bits per heavy atom. The maximum atomic E-state index is 12.3. The van der Waals surface area contributed by atoms with Crippen molar-refractivity contribution in [2.24, 2.45) is 0 Å². The van der Waals surface area contributed by atoms with E-state index in [9.17, 15) is 18.0 Å². The molecule has 8 heteroatoms. The van der Waals surface area contributed by atoms with E-state index in [-0.39, 0.29) is 30.4 Å². The van der Waals surface area contributed by atoms with E-state index in [1.54, 1.807) is 0 Å². The summed E-state index contributed by atoms with van der Waals surface area (Å²) in [5, 5.41) is 6.14. The van der Waals surface area contributed by atoms with Crippen molar-refractivity contribution in [3.63, 3.8) is 0 Å². The zero-order valence-corrected chi connectivity index (χ0v) is 12.7. The molecule has 124 valence electrons. The van der Waals surface area contributed by atoms with E-state index in [1.807, 2.05) is 0 Å². The minimum atomic E-state index is -4.14. The van der Waals surface area contributed by atoms with Gasteiger partial charge in [-0.3, -0.25) is 9.69 Å². The van der Waals surface area contributed by atoms with Crippen LogP contribution in [0.2, 0.25) is 0 Å². The van der Waals surface area contributed by atoms with Crippen LogP contribution in [-0.2, 0) is 4.79 Å². The highest BCUT2D eigenvalue weighted by molar-refractivity contribution is 5.85. The molecule has 1 atom stereocenters. The van der Waals surface area contributed by atoms with E-state index in [0.29, 0.717) is 25.9 Å². The van der Waals surface area contributed by atoms with Gasteiger partial charge in [-0.25, -0.2) is 0 Å². The van der Waals surface area contributed by atoms with Gasteiger partial charge < -0.3 is 10.6 Å². The fraction of sp³-hybridized carbons (Fsp3) is 0.923. The van der Waals surface area contributed by atoms with Crippen LogP contribution >= 0.6 is 12.4 Å². The molecule has 0 aromatic carbocycles. The van der Waals surface area contributed by atoms with Gasteiger partial charge in [-0.05, 0) is 32.2 Å². The number of nitrogens with one attached hydrogen (secondary N) is 2. The van der Waals surface area contributed by atoms with E-state index in [1.165, 1.54) is 4.90 Å². The van der Waals surface area contributed by atoms with Gasteiger partial charge in [-0.15, -0.1) is 12.4 Å². The van der Waals surface area contributed by atoms with Gasteiger partial charge in [0.1, 0.15) is 0 Å². The van der Waals surface area contributed by atoms with Crippen LogP contribution in [-0.4, -0.2) is 55.2 Å².